The Labute approximate surface area is 118 Å². The lowest BCUT2D eigenvalue weighted by Crippen LogP contribution is -2.61. The van der Waals surface area contributed by atoms with Gasteiger partial charge in [-0.15, -0.1) is 0 Å². The molecule has 19 heavy (non-hydrogen) atoms. The lowest BCUT2D eigenvalue weighted by atomic mass is 9.84. The molecule has 2 atom stereocenters. The van der Waals surface area contributed by atoms with Gasteiger partial charge in [-0.1, -0.05) is 13.8 Å². The molecule has 2 N–H and O–H groups in total. The van der Waals surface area contributed by atoms with Crippen molar-refractivity contribution < 1.29 is 4.74 Å². The first-order valence-corrected chi connectivity index (χ1v) is 7.82. The highest BCUT2D eigenvalue weighted by molar-refractivity contribution is 4.98. The number of hydrogen-bond acceptors (Lipinski definition) is 4. The topological polar surface area (TPSA) is 41.7 Å². The van der Waals surface area contributed by atoms with Crippen molar-refractivity contribution in [1.82, 2.24) is 9.80 Å². The molecule has 4 nitrogen and oxygen atoms in total. The minimum atomic E-state index is 0.00729. The Balaban J connectivity index is 2.15. The highest BCUT2D eigenvalue weighted by Gasteiger charge is 2.42. The maximum Gasteiger partial charge on any atom is 0.0661 e. The molecule has 2 fully saturated rings. The smallest absolute Gasteiger partial charge is 0.0661 e. The van der Waals surface area contributed by atoms with E-state index >= 15 is 0 Å². The molecule has 2 aliphatic rings. The van der Waals surface area contributed by atoms with Crippen LogP contribution in [0.15, 0.2) is 0 Å². The van der Waals surface area contributed by atoms with Crippen molar-refractivity contribution in [3.05, 3.63) is 0 Å². The van der Waals surface area contributed by atoms with Gasteiger partial charge in [0.1, 0.15) is 0 Å². The fourth-order valence-corrected chi connectivity index (χ4v) is 3.91. The molecule has 4 heteroatoms. The van der Waals surface area contributed by atoms with E-state index in [4.69, 9.17) is 10.5 Å². The molecule has 0 aromatic carbocycles. The van der Waals surface area contributed by atoms with E-state index in [0.29, 0.717) is 12.5 Å². The van der Waals surface area contributed by atoms with Gasteiger partial charge in [0.25, 0.3) is 0 Å². The molecular weight excluding hydrogens is 238 g/mol. The first-order valence-electron chi connectivity index (χ1n) is 7.82. The van der Waals surface area contributed by atoms with E-state index in [1.807, 2.05) is 0 Å². The van der Waals surface area contributed by atoms with Crippen LogP contribution in [0.3, 0.4) is 0 Å². The van der Waals surface area contributed by atoms with Crippen molar-refractivity contribution in [2.24, 2.45) is 11.7 Å². The predicted molar refractivity (Wildman–Crippen MR) is 79.3 cm³/mol. The normalized spacial score (nSPS) is 29.2. The monoisotopic (exact) mass is 269 g/mol. The lowest BCUT2D eigenvalue weighted by Gasteiger charge is -2.46. The van der Waals surface area contributed by atoms with Gasteiger partial charge < -0.3 is 10.5 Å². The van der Waals surface area contributed by atoms with Crippen LogP contribution in [0.2, 0.25) is 0 Å². The van der Waals surface area contributed by atoms with Gasteiger partial charge in [0.15, 0.2) is 0 Å². The molecule has 2 rings (SSSR count). The van der Waals surface area contributed by atoms with Gasteiger partial charge in [-0.25, -0.2) is 0 Å². The Morgan fingerprint density at radius 1 is 1.26 bits per heavy atom. The summed E-state index contributed by atoms with van der Waals surface area (Å²) in [6.07, 6.45) is 3.97. The van der Waals surface area contributed by atoms with Gasteiger partial charge in [-0.2, -0.15) is 0 Å². The molecule has 2 heterocycles. The molecule has 0 amide bonds. The Morgan fingerprint density at radius 2 is 2.00 bits per heavy atom. The lowest BCUT2D eigenvalue weighted by molar-refractivity contribution is -0.0190. The summed E-state index contributed by atoms with van der Waals surface area (Å²) in [4.78, 5) is 5.31. The molecule has 0 aliphatic carbocycles. The third-order valence-corrected chi connectivity index (χ3v) is 5.26. The first-order chi connectivity index (χ1) is 9.14. The number of methoxy groups -OCH3 is 1. The van der Waals surface area contributed by atoms with E-state index in [1.165, 1.54) is 38.9 Å². The molecule has 2 saturated heterocycles. The molecular formula is C15H31N3O. The highest BCUT2D eigenvalue weighted by atomic mass is 16.5. The van der Waals surface area contributed by atoms with Crippen molar-refractivity contribution in [2.45, 2.75) is 44.7 Å². The van der Waals surface area contributed by atoms with Gasteiger partial charge in [0, 0.05) is 32.8 Å². The van der Waals surface area contributed by atoms with Crippen LogP contribution in [-0.4, -0.2) is 67.8 Å². The average Bonchev–Trinajstić information content (AvgIpc) is 2.73. The minimum Gasteiger partial charge on any atom is -0.383 e. The standard InChI is InChI=1S/C15H31N3O/c1-13(2)15(11-16,12-19-3)18-9-5-8-17-7-4-6-14(17)10-18/h13-14H,4-12,16H2,1-3H3. The van der Waals surface area contributed by atoms with Crippen LogP contribution in [0.25, 0.3) is 0 Å². The van der Waals surface area contributed by atoms with Gasteiger partial charge in [-0.3, -0.25) is 9.80 Å². The number of ether oxygens (including phenoxy) is 1. The van der Waals surface area contributed by atoms with Crippen molar-refractivity contribution in [3.8, 4) is 0 Å². The average molecular weight is 269 g/mol. The van der Waals surface area contributed by atoms with Crippen LogP contribution in [0, 0.1) is 5.92 Å². The third kappa shape index (κ3) is 2.97. The fourth-order valence-electron chi connectivity index (χ4n) is 3.91. The van der Waals surface area contributed by atoms with Crippen LogP contribution in [0.5, 0.6) is 0 Å². The second kappa shape index (κ2) is 6.53. The third-order valence-electron chi connectivity index (χ3n) is 5.26. The summed E-state index contributed by atoms with van der Waals surface area (Å²) in [6, 6.07) is 0.740. The largest absolute Gasteiger partial charge is 0.383 e. The summed E-state index contributed by atoms with van der Waals surface area (Å²) < 4.78 is 5.53. The Kier molecular flexibility index (Phi) is 5.23. The van der Waals surface area contributed by atoms with Crippen LogP contribution < -0.4 is 5.73 Å². The SMILES string of the molecule is COCC(CN)(C(C)C)N1CCCN2CCCC2C1. The minimum absolute atomic E-state index is 0.00729. The van der Waals surface area contributed by atoms with Crippen molar-refractivity contribution >= 4 is 0 Å². The molecule has 112 valence electrons. The quantitative estimate of drug-likeness (QED) is 0.813. The predicted octanol–water partition coefficient (Wildman–Crippen LogP) is 1.16. The van der Waals surface area contributed by atoms with Gasteiger partial charge >= 0.3 is 0 Å². The Hall–Kier alpha value is -0.160. The van der Waals surface area contributed by atoms with E-state index in [1.54, 1.807) is 7.11 Å². The van der Waals surface area contributed by atoms with Crippen LogP contribution in [0.1, 0.15) is 33.1 Å². The number of nitrogens with two attached hydrogens (primary N) is 1. The number of nitrogens with zero attached hydrogens (tertiary/aromatic N) is 2. The summed E-state index contributed by atoms with van der Waals surface area (Å²) in [6.45, 7) is 10.9. The molecule has 0 radical (unpaired) electrons. The highest BCUT2D eigenvalue weighted by Crippen LogP contribution is 2.30. The molecule has 0 saturated carbocycles. The summed E-state index contributed by atoms with van der Waals surface area (Å²) >= 11 is 0. The summed E-state index contributed by atoms with van der Waals surface area (Å²) in [5.41, 5.74) is 6.19. The van der Waals surface area contributed by atoms with E-state index in [-0.39, 0.29) is 5.54 Å². The Bertz CT molecular complexity index is 285. The molecule has 0 aromatic rings. The van der Waals surface area contributed by atoms with Gasteiger partial charge in [0.05, 0.1) is 12.1 Å². The number of fused-ring (bicyclic) bond motifs is 1. The molecule has 2 unspecified atom stereocenters. The van der Waals surface area contributed by atoms with E-state index in [0.717, 1.165) is 19.2 Å². The Morgan fingerprint density at radius 3 is 2.63 bits per heavy atom. The van der Waals surface area contributed by atoms with Crippen molar-refractivity contribution in [2.75, 3.05) is 46.4 Å². The molecule has 0 bridgehead atoms. The molecule has 0 aromatic heterocycles. The zero-order valence-electron chi connectivity index (χ0n) is 12.9. The zero-order chi connectivity index (χ0) is 13.9. The zero-order valence-corrected chi connectivity index (χ0v) is 12.9. The van der Waals surface area contributed by atoms with Gasteiger partial charge in [0.2, 0.25) is 0 Å². The summed E-state index contributed by atoms with van der Waals surface area (Å²) in [5.74, 6) is 0.519. The molecule has 0 spiro atoms. The maximum absolute atomic E-state index is 6.18. The second-order valence-electron chi connectivity index (χ2n) is 6.53. The van der Waals surface area contributed by atoms with Gasteiger partial charge in [-0.05, 0) is 38.3 Å². The summed E-state index contributed by atoms with van der Waals surface area (Å²) in [7, 11) is 1.80. The van der Waals surface area contributed by atoms with E-state index in [9.17, 15) is 0 Å². The maximum atomic E-state index is 6.18. The second-order valence-corrected chi connectivity index (χ2v) is 6.53. The van der Waals surface area contributed by atoms with Crippen LogP contribution in [0.4, 0.5) is 0 Å². The van der Waals surface area contributed by atoms with Crippen molar-refractivity contribution in [3.63, 3.8) is 0 Å². The van der Waals surface area contributed by atoms with Crippen LogP contribution >= 0.6 is 0 Å². The van der Waals surface area contributed by atoms with Crippen molar-refractivity contribution in [1.29, 1.82) is 0 Å². The van der Waals surface area contributed by atoms with Crippen LogP contribution in [-0.2, 0) is 4.74 Å². The fraction of sp³-hybridized carbons (Fsp3) is 1.00. The first kappa shape index (κ1) is 15.2. The number of hydrogen-bond donors (Lipinski definition) is 1. The van der Waals surface area contributed by atoms with E-state index < -0.39 is 0 Å². The summed E-state index contributed by atoms with van der Waals surface area (Å²) in [5, 5.41) is 0. The van der Waals surface area contributed by atoms with E-state index in [2.05, 4.69) is 23.6 Å². The molecule has 2 aliphatic heterocycles. The number of rotatable bonds is 5.